The molecule has 0 fully saturated rings. The van der Waals surface area contributed by atoms with Gasteiger partial charge in [0, 0.05) is 19.7 Å². The molecule has 0 aromatic heterocycles. The molecule has 0 amide bonds. The Hall–Kier alpha value is -1.46. The highest BCUT2D eigenvalue weighted by molar-refractivity contribution is 5.67. The molecule has 17 heavy (non-hydrogen) atoms. The van der Waals surface area contributed by atoms with Gasteiger partial charge in [0.1, 0.15) is 5.82 Å². The molecule has 0 bridgehead atoms. The second kappa shape index (κ2) is 6.98. The average Bonchev–Trinajstić information content (AvgIpc) is 2.28. The number of benzene rings is 1. The van der Waals surface area contributed by atoms with Crippen LogP contribution < -0.4 is 5.32 Å². The molecule has 0 radical (unpaired) electrons. The molecule has 94 valence electrons. The molecule has 1 unspecified atom stereocenters. The third kappa shape index (κ3) is 4.93. The van der Waals surface area contributed by atoms with Crippen LogP contribution in [0.15, 0.2) is 24.3 Å². The number of hydrogen-bond donors (Lipinski definition) is 2. The third-order valence-corrected chi connectivity index (χ3v) is 2.35. The van der Waals surface area contributed by atoms with Gasteiger partial charge < -0.3 is 15.2 Å². The van der Waals surface area contributed by atoms with E-state index in [-0.39, 0.29) is 18.3 Å². The highest BCUT2D eigenvalue weighted by Crippen LogP contribution is 2.17. The number of ether oxygens (including phenoxy) is 1. The molecular weight excluding hydrogens is 225 g/mol. The van der Waals surface area contributed by atoms with Crippen LogP contribution in [0.25, 0.3) is 0 Å². The molecule has 1 rings (SSSR count). The fourth-order valence-corrected chi connectivity index (χ4v) is 1.51. The highest BCUT2D eigenvalue weighted by Gasteiger charge is 2.14. The molecule has 0 aliphatic heterocycles. The van der Waals surface area contributed by atoms with E-state index >= 15 is 0 Å². The quantitative estimate of drug-likeness (QED) is 0.711. The van der Waals surface area contributed by atoms with E-state index in [1.165, 1.54) is 12.1 Å². The van der Waals surface area contributed by atoms with Crippen LogP contribution in [0, 0.1) is 5.82 Å². The van der Waals surface area contributed by atoms with Gasteiger partial charge in [0.25, 0.3) is 0 Å². The SMILES string of the molecule is COCCNC(CC(=O)O)c1ccc(F)cc1. The van der Waals surface area contributed by atoms with Crippen molar-refractivity contribution in [2.24, 2.45) is 0 Å². The summed E-state index contributed by atoms with van der Waals surface area (Å²) in [5.74, 6) is -1.23. The Balaban J connectivity index is 2.67. The van der Waals surface area contributed by atoms with Gasteiger partial charge in [-0.25, -0.2) is 4.39 Å². The second-order valence-electron chi connectivity index (χ2n) is 3.65. The zero-order chi connectivity index (χ0) is 12.7. The number of methoxy groups -OCH3 is 1. The van der Waals surface area contributed by atoms with Gasteiger partial charge in [-0.3, -0.25) is 4.79 Å². The lowest BCUT2D eigenvalue weighted by Crippen LogP contribution is -2.27. The van der Waals surface area contributed by atoms with Gasteiger partial charge in [0.05, 0.1) is 13.0 Å². The number of rotatable bonds is 7. The van der Waals surface area contributed by atoms with Crippen molar-refractivity contribution in [2.75, 3.05) is 20.3 Å². The van der Waals surface area contributed by atoms with Crippen LogP contribution in [0.2, 0.25) is 0 Å². The zero-order valence-corrected chi connectivity index (χ0v) is 9.65. The van der Waals surface area contributed by atoms with E-state index in [1.807, 2.05) is 0 Å². The first kappa shape index (κ1) is 13.6. The Morgan fingerprint density at radius 3 is 2.65 bits per heavy atom. The van der Waals surface area contributed by atoms with Crippen molar-refractivity contribution in [1.82, 2.24) is 5.32 Å². The van der Waals surface area contributed by atoms with Crippen LogP contribution in [0.3, 0.4) is 0 Å². The lowest BCUT2D eigenvalue weighted by molar-refractivity contribution is -0.137. The van der Waals surface area contributed by atoms with Gasteiger partial charge in [-0.2, -0.15) is 0 Å². The molecule has 0 heterocycles. The minimum Gasteiger partial charge on any atom is -0.481 e. The molecule has 0 saturated carbocycles. The summed E-state index contributed by atoms with van der Waals surface area (Å²) in [4.78, 5) is 10.7. The topological polar surface area (TPSA) is 58.6 Å². The largest absolute Gasteiger partial charge is 0.481 e. The fraction of sp³-hybridized carbons (Fsp3) is 0.417. The summed E-state index contributed by atoms with van der Waals surface area (Å²) in [6.45, 7) is 1.04. The summed E-state index contributed by atoms with van der Waals surface area (Å²) in [5, 5.41) is 11.9. The van der Waals surface area contributed by atoms with Gasteiger partial charge >= 0.3 is 5.97 Å². The number of carbonyl (C=O) groups is 1. The molecule has 5 heteroatoms. The van der Waals surface area contributed by atoms with E-state index in [0.717, 1.165) is 5.56 Å². The first-order valence-electron chi connectivity index (χ1n) is 5.33. The summed E-state index contributed by atoms with van der Waals surface area (Å²) in [7, 11) is 1.58. The summed E-state index contributed by atoms with van der Waals surface area (Å²) >= 11 is 0. The van der Waals surface area contributed by atoms with E-state index < -0.39 is 5.97 Å². The molecular formula is C12H16FNO3. The molecule has 1 aromatic rings. The number of halogens is 1. The Bertz CT molecular complexity index is 353. The van der Waals surface area contributed by atoms with E-state index in [2.05, 4.69) is 5.32 Å². The Labute approximate surface area is 99.4 Å². The van der Waals surface area contributed by atoms with Crippen molar-refractivity contribution in [3.8, 4) is 0 Å². The van der Waals surface area contributed by atoms with Crippen molar-refractivity contribution in [3.05, 3.63) is 35.6 Å². The van der Waals surface area contributed by atoms with Crippen LogP contribution in [0.4, 0.5) is 4.39 Å². The lowest BCUT2D eigenvalue weighted by atomic mass is 10.0. The average molecular weight is 241 g/mol. The molecule has 2 N–H and O–H groups in total. The summed E-state index contributed by atoms with van der Waals surface area (Å²) < 4.78 is 17.6. The lowest BCUT2D eigenvalue weighted by Gasteiger charge is -2.17. The first-order valence-corrected chi connectivity index (χ1v) is 5.33. The summed E-state index contributed by atoms with van der Waals surface area (Å²) in [5.41, 5.74) is 0.755. The first-order chi connectivity index (χ1) is 8.13. The van der Waals surface area contributed by atoms with Crippen molar-refractivity contribution in [1.29, 1.82) is 0 Å². The van der Waals surface area contributed by atoms with Crippen LogP contribution in [0.5, 0.6) is 0 Å². The maximum atomic E-state index is 12.8. The number of carboxylic acid groups (broad SMARTS) is 1. The van der Waals surface area contributed by atoms with Crippen molar-refractivity contribution < 1.29 is 19.0 Å². The second-order valence-corrected chi connectivity index (χ2v) is 3.65. The molecule has 1 atom stereocenters. The maximum Gasteiger partial charge on any atom is 0.305 e. The molecule has 0 saturated heterocycles. The number of hydrogen-bond acceptors (Lipinski definition) is 3. The maximum absolute atomic E-state index is 12.8. The number of nitrogens with one attached hydrogen (secondary N) is 1. The van der Waals surface area contributed by atoms with Crippen LogP contribution in [0.1, 0.15) is 18.0 Å². The van der Waals surface area contributed by atoms with E-state index in [4.69, 9.17) is 9.84 Å². The normalized spacial score (nSPS) is 12.4. The van der Waals surface area contributed by atoms with Gasteiger partial charge in [0.15, 0.2) is 0 Å². The zero-order valence-electron chi connectivity index (χ0n) is 9.65. The summed E-state index contributed by atoms with van der Waals surface area (Å²) in [6.07, 6.45) is -0.0463. The van der Waals surface area contributed by atoms with Crippen molar-refractivity contribution in [2.45, 2.75) is 12.5 Å². The van der Waals surface area contributed by atoms with Crippen LogP contribution >= 0.6 is 0 Å². The van der Waals surface area contributed by atoms with Gasteiger partial charge in [-0.1, -0.05) is 12.1 Å². The standard InChI is InChI=1S/C12H16FNO3/c1-17-7-6-14-11(8-12(15)16)9-2-4-10(13)5-3-9/h2-5,11,14H,6-8H2,1H3,(H,15,16). The monoisotopic (exact) mass is 241 g/mol. The van der Waals surface area contributed by atoms with Crippen LogP contribution in [-0.2, 0) is 9.53 Å². The minimum absolute atomic E-state index is 0.0463. The Morgan fingerprint density at radius 2 is 2.12 bits per heavy atom. The molecule has 0 spiro atoms. The van der Waals surface area contributed by atoms with Gasteiger partial charge in [0.2, 0.25) is 0 Å². The predicted octanol–water partition coefficient (Wildman–Crippen LogP) is 1.58. The van der Waals surface area contributed by atoms with Gasteiger partial charge in [-0.05, 0) is 17.7 Å². The summed E-state index contributed by atoms with van der Waals surface area (Å²) in [6, 6.07) is 5.49. The van der Waals surface area contributed by atoms with Gasteiger partial charge in [-0.15, -0.1) is 0 Å². The van der Waals surface area contributed by atoms with Crippen molar-refractivity contribution >= 4 is 5.97 Å². The fourth-order valence-electron chi connectivity index (χ4n) is 1.51. The highest BCUT2D eigenvalue weighted by atomic mass is 19.1. The predicted molar refractivity (Wildman–Crippen MR) is 61.3 cm³/mol. The number of carboxylic acids is 1. The number of aliphatic carboxylic acids is 1. The Morgan fingerprint density at radius 1 is 1.47 bits per heavy atom. The molecule has 0 aliphatic rings. The van der Waals surface area contributed by atoms with E-state index in [9.17, 15) is 9.18 Å². The molecule has 4 nitrogen and oxygen atoms in total. The Kier molecular flexibility index (Phi) is 5.59. The van der Waals surface area contributed by atoms with E-state index in [1.54, 1.807) is 19.2 Å². The van der Waals surface area contributed by atoms with Crippen LogP contribution in [-0.4, -0.2) is 31.3 Å². The smallest absolute Gasteiger partial charge is 0.305 e. The van der Waals surface area contributed by atoms with E-state index in [0.29, 0.717) is 13.2 Å². The van der Waals surface area contributed by atoms with Crippen molar-refractivity contribution in [3.63, 3.8) is 0 Å². The molecule has 1 aromatic carbocycles. The third-order valence-electron chi connectivity index (χ3n) is 2.35. The molecule has 0 aliphatic carbocycles. The minimum atomic E-state index is -0.899.